The molecule has 0 bridgehead atoms. The minimum Gasteiger partial charge on any atom is -0.488 e. The minimum atomic E-state index is -0.401. The molecule has 6 heteroatoms. The number of ether oxygens (including phenoxy) is 2. The monoisotopic (exact) mass is 450 g/mol. The van der Waals surface area contributed by atoms with E-state index in [0.717, 1.165) is 16.5 Å². The Morgan fingerprint density at radius 1 is 1.00 bits per heavy atom. The van der Waals surface area contributed by atoms with Crippen LogP contribution in [0.1, 0.15) is 37.5 Å². The number of para-hydroxylation sites is 2. The molecule has 1 N–H and O–H groups in total. The molecule has 0 fully saturated rings. The van der Waals surface area contributed by atoms with Gasteiger partial charge < -0.3 is 14.5 Å². The first-order valence-electron chi connectivity index (χ1n) is 10.6. The van der Waals surface area contributed by atoms with E-state index < -0.39 is 5.97 Å². The molecule has 3 aromatic carbocycles. The number of fused-ring (bicyclic) bond motifs is 1. The number of aromatic amines is 1. The number of nitrogens with zero attached hydrogens (tertiary/aromatic N) is 1. The molecule has 0 saturated heterocycles. The number of allylic oxidation sites excluding steroid dienone is 1. The normalized spacial score (nSPS) is 11.1. The van der Waals surface area contributed by atoms with Crippen LogP contribution in [0.2, 0.25) is 0 Å². The van der Waals surface area contributed by atoms with Crippen molar-refractivity contribution in [3.8, 4) is 11.8 Å². The van der Waals surface area contributed by atoms with E-state index in [0.29, 0.717) is 28.1 Å². The van der Waals surface area contributed by atoms with Crippen LogP contribution in [0.3, 0.4) is 0 Å². The average molecular weight is 450 g/mol. The second kappa shape index (κ2) is 9.88. The highest BCUT2D eigenvalue weighted by Gasteiger charge is 2.20. The Morgan fingerprint density at radius 2 is 1.71 bits per heavy atom. The molecule has 0 aliphatic carbocycles. The fourth-order valence-corrected chi connectivity index (χ4v) is 3.76. The van der Waals surface area contributed by atoms with Crippen molar-refractivity contribution in [2.24, 2.45) is 0 Å². The van der Waals surface area contributed by atoms with Gasteiger partial charge in [0.05, 0.1) is 18.2 Å². The summed E-state index contributed by atoms with van der Waals surface area (Å²) < 4.78 is 10.7. The van der Waals surface area contributed by atoms with E-state index in [4.69, 9.17) is 9.47 Å². The van der Waals surface area contributed by atoms with Crippen molar-refractivity contribution in [3.05, 3.63) is 106 Å². The molecule has 0 aliphatic rings. The molecule has 6 nitrogen and oxygen atoms in total. The standard InChI is InChI=1S/C28H22N2O4/c1-18-26(23-8-4-5-9-24(23)30-18)27(31)22(16-29)15-21-7-3-6-10-25(21)34-17-19-11-13-20(14-12-19)28(32)33-2/h3-15,30H,17H2,1-2H3. The zero-order valence-corrected chi connectivity index (χ0v) is 18.8. The van der Waals surface area contributed by atoms with Crippen molar-refractivity contribution in [3.63, 3.8) is 0 Å². The van der Waals surface area contributed by atoms with Crippen molar-refractivity contribution >= 4 is 28.7 Å². The lowest BCUT2D eigenvalue weighted by Crippen LogP contribution is -2.04. The topological polar surface area (TPSA) is 92.2 Å². The van der Waals surface area contributed by atoms with Crippen LogP contribution < -0.4 is 4.74 Å². The Morgan fingerprint density at radius 3 is 2.44 bits per heavy atom. The lowest BCUT2D eigenvalue weighted by molar-refractivity contribution is 0.0600. The van der Waals surface area contributed by atoms with Gasteiger partial charge in [-0.2, -0.15) is 5.26 Å². The number of carbonyl (C=O) groups is 2. The summed E-state index contributed by atoms with van der Waals surface area (Å²) in [7, 11) is 1.34. The zero-order valence-electron chi connectivity index (χ0n) is 18.8. The van der Waals surface area contributed by atoms with Crippen molar-refractivity contribution in [2.45, 2.75) is 13.5 Å². The third kappa shape index (κ3) is 4.59. The van der Waals surface area contributed by atoms with Gasteiger partial charge in [0.2, 0.25) is 5.78 Å². The Balaban J connectivity index is 1.59. The zero-order chi connectivity index (χ0) is 24.1. The Labute approximate surface area is 197 Å². The van der Waals surface area contributed by atoms with Crippen LogP contribution in [0, 0.1) is 18.3 Å². The lowest BCUT2D eigenvalue weighted by Gasteiger charge is -2.10. The fourth-order valence-electron chi connectivity index (χ4n) is 3.76. The number of esters is 1. The van der Waals surface area contributed by atoms with E-state index in [1.54, 1.807) is 42.5 Å². The number of aryl methyl sites for hydroxylation is 1. The average Bonchev–Trinajstić information content (AvgIpc) is 3.21. The van der Waals surface area contributed by atoms with Crippen molar-refractivity contribution in [1.29, 1.82) is 5.26 Å². The molecule has 0 aliphatic heterocycles. The molecule has 4 aromatic rings. The Bertz CT molecular complexity index is 1440. The van der Waals surface area contributed by atoms with Gasteiger partial charge in [0, 0.05) is 22.2 Å². The van der Waals surface area contributed by atoms with E-state index in [1.807, 2.05) is 43.3 Å². The molecule has 168 valence electrons. The van der Waals surface area contributed by atoms with Gasteiger partial charge in [-0.05, 0) is 42.8 Å². The molecule has 0 amide bonds. The van der Waals surface area contributed by atoms with Gasteiger partial charge in [0.25, 0.3) is 0 Å². The number of carbonyl (C=O) groups excluding carboxylic acids is 2. The summed E-state index contributed by atoms with van der Waals surface area (Å²) >= 11 is 0. The van der Waals surface area contributed by atoms with E-state index in [-0.39, 0.29) is 18.0 Å². The number of nitriles is 1. The minimum absolute atomic E-state index is 0.0198. The summed E-state index contributed by atoms with van der Waals surface area (Å²) in [4.78, 5) is 28.1. The van der Waals surface area contributed by atoms with Gasteiger partial charge in [0.15, 0.2) is 0 Å². The number of aromatic nitrogens is 1. The van der Waals surface area contributed by atoms with Gasteiger partial charge in [-0.1, -0.05) is 48.5 Å². The highest BCUT2D eigenvalue weighted by Crippen LogP contribution is 2.27. The van der Waals surface area contributed by atoms with Crippen LogP contribution in [-0.4, -0.2) is 23.8 Å². The maximum absolute atomic E-state index is 13.3. The molecule has 34 heavy (non-hydrogen) atoms. The van der Waals surface area contributed by atoms with Gasteiger partial charge in [-0.3, -0.25) is 4.79 Å². The molecule has 1 aromatic heterocycles. The van der Waals surface area contributed by atoms with Crippen molar-refractivity contribution < 1.29 is 19.1 Å². The highest BCUT2D eigenvalue weighted by molar-refractivity contribution is 6.20. The maximum atomic E-state index is 13.3. The molecule has 0 unspecified atom stereocenters. The second-order valence-electron chi connectivity index (χ2n) is 7.68. The predicted octanol–water partition coefficient (Wildman–Crippen LogP) is 5.63. The van der Waals surface area contributed by atoms with Gasteiger partial charge >= 0.3 is 5.97 Å². The lowest BCUT2D eigenvalue weighted by atomic mass is 9.99. The molecule has 0 radical (unpaired) electrons. The van der Waals surface area contributed by atoms with Crippen LogP contribution in [-0.2, 0) is 11.3 Å². The largest absolute Gasteiger partial charge is 0.488 e. The number of ketones is 1. The summed E-state index contributed by atoms with van der Waals surface area (Å²) in [6.07, 6.45) is 1.55. The molecule has 1 heterocycles. The summed E-state index contributed by atoms with van der Waals surface area (Å²) in [5.41, 5.74) is 4.02. The van der Waals surface area contributed by atoms with E-state index in [9.17, 15) is 14.9 Å². The number of H-pyrrole nitrogens is 1. The predicted molar refractivity (Wildman–Crippen MR) is 130 cm³/mol. The Hall–Kier alpha value is -4.63. The summed E-state index contributed by atoms with van der Waals surface area (Å²) in [6, 6.07) is 23.7. The van der Waals surface area contributed by atoms with Crippen LogP contribution >= 0.6 is 0 Å². The fraction of sp³-hybridized carbons (Fsp3) is 0.107. The van der Waals surface area contributed by atoms with E-state index in [1.165, 1.54) is 7.11 Å². The van der Waals surface area contributed by atoms with Crippen LogP contribution in [0.4, 0.5) is 0 Å². The highest BCUT2D eigenvalue weighted by atomic mass is 16.5. The number of rotatable bonds is 7. The van der Waals surface area contributed by atoms with E-state index >= 15 is 0 Å². The molecule has 0 spiro atoms. The summed E-state index contributed by atoms with van der Waals surface area (Å²) in [6.45, 7) is 2.08. The van der Waals surface area contributed by atoms with Crippen molar-refractivity contribution in [2.75, 3.05) is 7.11 Å². The summed E-state index contributed by atoms with van der Waals surface area (Å²) in [5.74, 6) is -0.205. The first-order chi connectivity index (χ1) is 16.5. The first-order valence-corrected chi connectivity index (χ1v) is 10.6. The number of Topliss-reactive ketones (excluding diaryl/α,β-unsaturated/α-hetero) is 1. The second-order valence-corrected chi connectivity index (χ2v) is 7.68. The maximum Gasteiger partial charge on any atom is 0.337 e. The van der Waals surface area contributed by atoms with Crippen LogP contribution in [0.15, 0.2) is 78.4 Å². The number of nitrogens with one attached hydrogen (secondary N) is 1. The number of hydrogen-bond acceptors (Lipinski definition) is 5. The smallest absolute Gasteiger partial charge is 0.337 e. The molecule has 0 atom stereocenters. The van der Waals surface area contributed by atoms with Crippen LogP contribution in [0.5, 0.6) is 5.75 Å². The SMILES string of the molecule is COC(=O)c1ccc(COc2ccccc2C=C(C#N)C(=O)c2c(C)[nH]c3ccccc23)cc1. The van der Waals surface area contributed by atoms with Gasteiger partial charge in [0.1, 0.15) is 24.0 Å². The molecule has 0 saturated carbocycles. The van der Waals surface area contributed by atoms with Gasteiger partial charge in [-0.25, -0.2) is 4.79 Å². The summed E-state index contributed by atoms with van der Waals surface area (Å²) in [5, 5.41) is 10.6. The molecular formula is C28H22N2O4. The van der Waals surface area contributed by atoms with Gasteiger partial charge in [-0.15, -0.1) is 0 Å². The third-order valence-electron chi connectivity index (χ3n) is 5.47. The third-order valence-corrected chi connectivity index (χ3v) is 5.47. The Kier molecular flexibility index (Phi) is 6.56. The molecule has 4 rings (SSSR count). The van der Waals surface area contributed by atoms with Crippen LogP contribution in [0.25, 0.3) is 17.0 Å². The quantitative estimate of drug-likeness (QED) is 0.170. The molecular weight excluding hydrogens is 428 g/mol. The number of hydrogen-bond donors (Lipinski definition) is 1. The van der Waals surface area contributed by atoms with E-state index in [2.05, 4.69) is 11.1 Å². The number of methoxy groups -OCH3 is 1. The van der Waals surface area contributed by atoms with Crippen molar-refractivity contribution in [1.82, 2.24) is 4.98 Å². The first kappa shape index (κ1) is 22.6. The number of benzene rings is 3.